The van der Waals surface area contributed by atoms with Crippen LogP contribution in [-0.4, -0.2) is 15.0 Å². The molecule has 0 radical (unpaired) electrons. The summed E-state index contributed by atoms with van der Waals surface area (Å²) in [5.74, 6) is 0.0402. The highest BCUT2D eigenvalue weighted by Crippen LogP contribution is 2.37. The summed E-state index contributed by atoms with van der Waals surface area (Å²) in [5.41, 5.74) is 7.37. The number of hydrogen-bond donors (Lipinski definition) is 0. The van der Waals surface area contributed by atoms with Gasteiger partial charge >= 0.3 is 0 Å². The van der Waals surface area contributed by atoms with Crippen LogP contribution in [0.15, 0.2) is 90.8 Å². The lowest BCUT2D eigenvalue weighted by atomic mass is 9.82. The first-order chi connectivity index (χ1) is 15.2. The van der Waals surface area contributed by atoms with E-state index in [0.29, 0.717) is 6.42 Å². The van der Waals surface area contributed by atoms with Crippen molar-refractivity contribution in [1.82, 2.24) is 15.0 Å². The van der Waals surface area contributed by atoms with Gasteiger partial charge in [-0.3, -0.25) is 4.98 Å². The Bertz CT molecular complexity index is 1160. The van der Waals surface area contributed by atoms with Crippen molar-refractivity contribution in [3.8, 4) is 11.1 Å². The van der Waals surface area contributed by atoms with Crippen LogP contribution in [0.25, 0.3) is 11.1 Å². The summed E-state index contributed by atoms with van der Waals surface area (Å²) in [6.45, 7) is 4.04. The Balaban J connectivity index is 1.71. The highest BCUT2D eigenvalue weighted by molar-refractivity contribution is 5.62. The summed E-state index contributed by atoms with van der Waals surface area (Å²) in [5, 5.41) is 3.49. The Labute approximate surface area is 182 Å². The van der Waals surface area contributed by atoms with Gasteiger partial charge in [0, 0.05) is 35.8 Å². The Kier molecular flexibility index (Phi) is 6.22. The molecule has 0 aliphatic rings. The molecule has 4 aromatic rings. The van der Waals surface area contributed by atoms with Crippen molar-refractivity contribution >= 4 is 0 Å². The number of nitrogens with zero attached hydrogens (tertiary/aromatic N) is 4. The lowest BCUT2D eigenvalue weighted by Crippen LogP contribution is -2.09. The van der Waals surface area contributed by atoms with E-state index >= 15 is 0 Å². The van der Waals surface area contributed by atoms with Gasteiger partial charge in [-0.25, -0.2) is 9.97 Å². The predicted octanol–water partition coefficient (Wildman–Crippen LogP) is 6.19. The van der Waals surface area contributed by atoms with E-state index in [4.69, 9.17) is 0 Å². The van der Waals surface area contributed by atoms with Crippen LogP contribution in [0.3, 0.4) is 0 Å². The lowest BCUT2D eigenvalue weighted by Gasteiger charge is -2.23. The van der Waals surface area contributed by atoms with Gasteiger partial charge < -0.3 is 0 Å². The second-order valence-corrected chi connectivity index (χ2v) is 7.75. The van der Waals surface area contributed by atoms with Crippen LogP contribution in [0.5, 0.6) is 0 Å². The maximum absolute atomic E-state index is 11.9. The van der Waals surface area contributed by atoms with Gasteiger partial charge in [-0.15, -0.1) is 0 Å². The zero-order chi connectivity index (χ0) is 21.6. The summed E-state index contributed by atoms with van der Waals surface area (Å²) in [6, 6.07) is 20.1. The average Bonchev–Trinajstić information content (AvgIpc) is 2.81. The largest absolute Gasteiger partial charge is 0.262 e. The van der Waals surface area contributed by atoms with Crippen molar-refractivity contribution in [3.05, 3.63) is 118 Å². The molecule has 2 atom stereocenters. The molecule has 2 aromatic heterocycles. The fraction of sp³-hybridized carbons (Fsp3) is 0.192. The van der Waals surface area contributed by atoms with Gasteiger partial charge in [-0.2, -0.15) is 4.91 Å². The van der Waals surface area contributed by atoms with E-state index in [1.165, 1.54) is 17.5 Å². The quantitative estimate of drug-likeness (QED) is 0.342. The minimum absolute atomic E-state index is 0.0402. The molecule has 5 heteroatoms. The van der Waals surface area contributed by atoms with Gasteiger partial charge in [0.05, 0.1) is 0 Å². The molecule has 0 aliphatic heterocycles. The molecule has 1 unspecified atom stereocenters. The molecule has 0 aliphatic carbocycles. The third-order valence-corrected chi connectivity index (χ3v) is 5.66. The second-order valence-electron chi connectivity index (χ2n) is 7.75. The number of aryl methyl sites for hydroxylation is 2. The summed E-state index contributed by atoms with van der Waals surface area (Å²) in [6.07, 6.45) is 7.46. The summed E-state index contributed by atoms with van der Waals surface area (Å²) in [4.78, 5) is 24.3. The van der Waals surface area contributed by atoms with Crippen molar-refractivity contribution in [2.75, 3.05) is 0 Å². The highest BCUT2D eigenvalue weighted by Gasteiger charge is 2.23. The van der Waals surface area contributed by atoms with E-state index in [1.807, 2.05) is 31.2 Å². The van der Waals surface area contributed by atoms with E-state index < -0.39 is 6.04 Å². The first-order valence-corrected chi connectivity index (χ1v) is 10.3. The van der Waals surface area contributed by atoms with E-state index in [-0.39, 0.29) is 5.92 Å². The zero-order valence-electron chi connectivity index (χ0n) is 17.6. The van der Waals surface area contributed by atoms with Gasteiger partial charge in [0.1, 0.15) is 12.4 Å². The van der Waals surface area contributed by atoms with E-state index in [2.05, 4.69) is 63.5 Å². The van der Waals surface area contributed by atoms with Crippen LogP contribution in [0.4, 0.5) is 0 Å². The summed E-state index contributed by atoms with van der Waals surface area (Å²) in [7, 11) is 0. The fourth-order valence-corrected chi connectivity index (χ4v) is 4.01. The topological polar surface area (TPSA) is 68.1 Å². The number of benzene rings is 2. The normalized spacial score (nSPS) is 12.8. The number of rotatable bonds is 7. The molecule has 2 heterocycles. The van der Waals surface area contributed by atoms with Crippen molar-refractivity contribution in [3.63, 3.8) is 0 Å². The van der Waals surface area contributed by atoms with Crippen molar-refractivity contribution in [2.45, 2.75) is 32.2 Å². The molecular weight excluding hydrogens is 384 g/mol. The number of pyridine rings is 1. The first-order valence-electron chi connectivity index (χ1n) is 10.3. The van der Waals surface area contributed by atoms with Crippen molar-refractivity contribution in [1.29, 1.82) is 0 Å². The molecule has 5 nitrogen and oxygen atoms in total. The van der Waals surface area contributed by atoms with Crippen molar-refractivity contribution in [2.24, 2.45) is 5.18 Å². The molecule has 0 N–H and O–H groups in total. The maximum Gasteiger partial charge on any atom is 0.118 e. The van der Waals surface area contributed by atoms with Crippen LogP contribution < -0.4 is 0 Å². The molecule has 0 saturated carbocycles. The molecule has 0 bridgehead atoms. The summed E-state index contributed by atoms with van der Waals surface area (Å²) < 4.78 is 0. The molecule has 154 valence electrons. The van der Waals surface area contributed by atoms with Gasteiger partial charge in [0.2, 0.25) is 0 Å². The van der Waals surface area contributed by atoms with Crippen LogP contribution in [-0.2, 0) is 0 Å². The van der Waals surface area contributed by atoms with Gasteiger partial charge in [0.25, 0.3) is 0 Å². The van der Waals surface area contributed by atoms with Gasteiger partial charge in [-0.1, -0.05) is 53.7 Å². The van der Waals surface area contributed by atoms with E-state index in [1.54, 1.807) is 18.6 Å². The smallest absolute Gasteiger partial charge is 0.118 e. The summed E-state index contributed by atoms with van der Waals surface area (Å²) >= 11 is 0. The second kappa shape index (κ2) is 9.39. The Morgan fingerprint density at radius 3 is 2.29 bits per heavy atom. The minimum atomic E-state index is -0.450. The highest BCUT2D eigenvalue weighted by atomic mass is 16.3. The minimum Gasteiger partial charge on any atom is -0.262 e. The molecule has 0 saturated heterocycles. The Hall–Kier alpha value is -3.73. The van der Waals surface area contributed by atoms with Gasteiger partial charge in [0.15, 0.2) is 0 Å². The fourth-order valence-electron chi connectivity index (χ4n) is 4.01. The molecule has 0 fully saturated rings. The third kappa shape index (κ3) is 4.72. The monoisotopic (exact) mass is 408 g/mol. The molecular formula is C26H24N4O. The lowest BCUT2D eigenvalue weighted by molar-refractivity contribution is 0.591. The van der Waals surface area contributed by atoms with E-state index in [0.717, 1.165) is 27.9 Å². The molecule has 4 rings (SSSR count). The SMILES string of the molecule is Cc1cc(C(C[C@H](c2ccc(-c3cncnc3)cc2)c2ccccc2C)N=O)ccn1. The average molecular weight is 409 g/mol. The van der Waals surface area contributed by atoms with E-state index in [9.17, 15) is 4.91 Å². The van der Waals surface area contributed by atoms with Crippen LogP contribution in [0.1, 0.15) is 46.3 Å². The number of nitroso groups, excluding NO2 is 1. The Morgan fingerprint density at radius 2 is 1.61 bits per heavy atom. The zero-order valence-corrected chi connectivity index (χ0v) is 17.6. The van der Waals surface area contributed by atoms with Crippen LogP contribution in [0, 0.1) is 18.8 Å². The van der Waals surface area contributed by atoms with Crippen LogP contribution >= 0.6 is 0 Å². The molecule has 0 amide bonds. The molecule has 31 heavy (non-hydrogen) atoms. The maximum atomic E-state index is 11.9. The van der Waals surface area contributed by atoms with Gasteiger partial charge in [-0.05, 0) is 60.2 Å². The van der Waals surface area contributed by atoms with Crippen molar-refractivity contribution < 1.29 is 0 Å². The first kappa shape index (κ1) is 20.5. The number of aromatic nitrogens is 3. The molecule has 2 aromatic carbocycles. The van der Waals surface area contributed by atoms with Crippen LogP contribution in [0.2, 0.25) is 0 Å². The standard InChI is InChI=1S/C26H24N4O/c1-18-5-3-4-6-24(18)25(14-26(30-31)22-11-12-29-19(2)13-22)21-9-7-20(8-10-21)23-15-27-17-28-16-23/h3-13,15-17,25-26H,14H2,1-2H3/t25-,26?/m1/s1. The molecule has 0 spiro atoms. The number of hydrogen-bond acceptors (Lipinski definition) is 5. The Morgan fingerprint density at radius 1 is 0.871 bits per heavy atom. The predicted molar refractivity (Wildman–Crippen MR) is 123 cm³/mol. The third-order valence-electron chi connectivity index (χ3n) is 5.66.